The lowest BCUT2D eigenvalue weighted by Crippen LogP contribution is -2.63. The van der Waals surface area contributed by atoms with Crippen LogP contribution in [-0.4, -0.2) is 49.6 Å². The first-order valence-electron chi connectivity index (χ1n) is 10.6. The molecular weight excluding hydrogens is 508 g/mol. The van der Waals surface area contributed by atoms with Crippen LogP contribution >= 0.6 is 0 Å². The normalized spacial score (nSPS) is 15.3. The molecule has 0 spiro atoms. The van der Waals surface area contributed by atoms with Crippen molar-refractivity contribution < 1.29 is 35.8 Å². The Hall–Kier alpha value is -3.61. The molecule has 3 aromatic carbocycles. The van der Waals surface area contributed by atoms with E-state index in [4.69, 9.17) is 19.9 Å². The van der Waals surface area contributed by atoms with Gasteiger partial charge < -0.3 is 19.9 Å². The second-order valence-corrected chi connectivity index (χ2v) is 12.5. The number of rotatable bonds is 6. The number of hydrogen-bond acceptors (Lipinski definition) is 8. The number of primary amides is 1. The zero-order valence-corrected chi connectivity index (χ0v) is 21.6. The molecule has 4 rings (SSSR count). The lowest BCUT2D eigenvalue weighted by Gasteiger charge is -2.32. The molecular formula is C24H25N2O8S2+. The van der Waals surface area contributed by atoms with E-state index in [1.165, 1.54) is 32.4 Å². The predicted octanol–water partition coefficient (Wildman–Crippen LogP) is 3.16. The van der Waals surface area contributed by atoms with Gasteiger partial charge in [-0.3, -0.25) is 0 Å². The number of carbonyl (C=O) groups excluding carboxylic acids is 1. The highest BCUT2D eigenvalue weighted by atomic mass is 32.3. The molecule has 0 saturated carbocycles. The average Bonchev–Trinajstić information content (AvgIpc) is 2.81. The number of sulfonamides is 2. The minimum Gasteiger partial charge on any atom is -0.497 e. The first kappa shape index (κ1) is 25.5. The number of carbonyl (C=O) groups is 1. The monoisotopic (exact) mass is 533 g/mol. The molecule has 2 amide bonds. The van der Waals surface area contributed by atoms with Crippen molar-refractivity contribution >= 4 is 31.8 Å². The number of benzene rings is 3. The van der Waals surface area contributed by atoms with Crippen molar-refractivity contribution in [3.8, 4) is 28.4 Å². The summed E-state index contributed by atoms with van der Waals surface area (Å²) < 4.78 is 66.6. The van der Waals surface area contributed by atoms with Crippen molar-refractivity contribution in [2.75, 3.05) is 26.7 Å². The molecule has 0 aliphatic carbocycles. The van der Waals surface area contributed by atoms with Crippen LogP contribution in [0.2, 0.25) is 0 Å². The van der Waals surface area contributed by atoms with Gasteiger partial charge in [-0.15, -0.1) is 0 Å². The second kappa shape index (κ2) is 8.80. The van der Waals surface area contributed by atoms with Crippen molar-refractivity contribution in [3.05, 3.63) is 71.8 Å². The quantitative estimate of drug-likeness (QED) is 0.477. The third-order valence-electron chi connectivity index (χ3n) is 6.00. The number of methoxy groups -OCH3 is 2. The van der Waals surface area contributed by atoms with E-state index in [1.807, 2.05) is 0 Å². The van der Waals surface area contributed by atoms with Gasteiger partial charge in [-0.1, -0.05) is 18.2 Å². The van der Waals surface area contributed by atoms with Gasteiger partial charge in [-0.2, -0.15) is 16.8 Å². The van der Waals surface area contributed by atoms with E-state index in [2.05, 4.69) is 0 Å². The van der Waals surface area contributed by atoms with Gasteiger partial charge in [0.2, 0.25) is 0 Å². The molecule has 1 aliphatic heterocycles. The van der Waals surface area contributed by atoms with Crippen LogP contribution in [0.3, 0.4) is 0 Å². The average molecular weight is 534 g/mol. The summed E-state index contributed by atoms with van der Waals surface area (Å²) in [7, 11) is -6.26. The van der Waals surface area contributed by atoms with E-state index in [1.54, 1.807) is 42.5 Å². The molecule has 190 valence electrons. The Bertz CT molecular complexity index is 1550. The molecule has 0 aromatic heterocycles. The first-order chi connectivity index (χ1) is 16.9. The van der Waals surface area contributed by atoms with Crippen LogP contribution < -0.4 is 23.2 Å². The number of quaternary nitrogens is 1. The Morgan fingerprint density at radius 2 is 1.58 bits per heavy atom. The number of ether oxygens (including phenoxy) is 3. The second-order valence-electron chi connectivity index (χ2n) is 8.24. The molecule has 1 heterocycles. The van der Waals surface area contributed by atoms with E-state index >= 15 is 0 Å². The van der Waals surface area contributed by atoms with Gasteiger partial charge in [-0.05, 0) is 39.2 Å². The van der Waals surface area contributed by atoms with E-state index in [0.717, 1.165) is 0 Å². The molecule has 1 unspecified atom stereocenters. The molecule has 10 nitrogen and oxygen atoms in total. The van der Waals surface area contributed by atoms with Crippen molar-refractivity contribution in [1.29, 1.82) is 0 Å². The summed E-state index contributed by atoms with van der Waals surface area (Å²) in [4.78, 5) is 12.6. The zero-order valence-electron chi connectivity index (χ0n) is 20.0. The van der Waals surface area contributed by atoms with E-state index in [9.17, 15) is 21.6 Å². The number of nitrogens with two attached hydrogens (primary N) is 1. The number of amides is 2. The van der Waals surface area contributed by atoms with Gasteiger partial charge in [0.15, 0.2) is 5.69 Å². The van der Waals surface area contributed by atoms with Gasteiger partial charge in [0.25, 0.3) is 0 Å². The van der Waals surface area contributed by atoms with Gasteiger partial charge in [0.1, 0.15) is 23.4 Å². The summed E-state index contributed by atoms with van der Waals surface area (Å²) in [6.07, 6.45) is 0.489. The van der Waals surface area contributed by atoms with Gasteiger partial charge in [0.05, 0.1) is 32.3 Å². The van der Waals surface area contributed by atoms with Gasteiger partial charge in [-0.25, -0.2) is 4.79 Å². The van der Waals surface area contributed by atoms with Crippen molar-refractivity contribution in [3.63, 3.8) is 0 Å². The van der Waals surface area contributed by atoms with Crippen LogP contribution in [-0.2, 0) is 20.0 Å². The molecule has 2 N–H and O–H groups in total. The van der Waals surface area contributed by atoms with E-state index in [-0.39, 0.29) is 5.69 Å². The summed E-state index contributed by atoms with van der Waals surface area (Å²) in [6.45, 7) is 0. The minimum atomic E-state index is -4.64. The molecule has 0 radical (unpaired) electrons. The number of nitrogens with zero attached hydrogens (tertiary/aromatic N) is 1. The molecule has 0 bridgehead atoms. The van der Waals surface area contributed by atoms with Crippen LogP contribution in [0.25, 0.3) is 11.1 Å². The highest BCUT2D eigenvalue weighted by Gasteiger charge is 2.57. The first-order valence-corrected chi connectivity index (χ1v) is 14.3. The summed E-state index contributed by atoms with van der Waals surface area (Å²) in [5, 5.41) is 0. The van der Waals surface area contributed by atoms with Crippen LogP contribution in [0.15, 0.2) is 60.7 Å². The SMILES string of the molecule is COc1cccc(C2Oc3cccc(OC)c3-c3ccc([N+](C(N)=O)(S(C)(=O)=O)S(C)(=O)=O)cc32)c1. The fraction of sp³-hybridized carbons (Fsp3) is 0.208. The third-order valence-corrected chi connectivity index (χ3v) is 10.3. The maximum atomic E-state index is 12.9. The number of fused-ring (bicyclic) bond motifs is 3. The molecule has 36 heavy (non-hydrogen) atoms. The molecule has 3 aromatic rings. The molecule has 0 fully saturated rings. The van der Waals surface area contributed by atoms with Crippen molar-refractivity contribution in [1.82, 2.24) is 3.29 Å². The van der Waals surface area contributed by atoms with Crippen LogP contribution in [0.5, 0.6) is 17.2 Å². The maximum Gasteiger partial charge on any atom is 0.450 e. The fourth-order valence-electron chi connectivity index (χ4n) is 4.55. The smallest absolute Gasteiger partial charge is 0.450 e. The molecule has 12 heteroatoms. The Morgan fingerprint density at radius 1 is 0.917 bits per heavy atom. The summed E-state index contributed by atoms with van der Waals surface area (Å²) in [5.41, 5.74) is 7.37. The highest BCUT2D eigenvalue weighted by Crippen LogP contribution is 2.50. The zero-order chi connectivity index (χ0) is 26.5. The number of urea groups is 1. The van der Waals surface area contributed by atoms with Crippen molar-refractivity contribution in [2.24, 2.45) is 5.73 Å². The van der Waals surface area contributed by atoms with Gasteiger partial charge >= 0.3 is 26.1 Å². The highest BCUT2D eigenvalue weighted by molar-refractivity contribution is 8.07. The lowest BCUT2D eigenvalue weighted by molar-refractivity contribution is 0.240. The van der Waals surface area contributed by atoms with E-state index < -0.39 is 35.5 Å². The Morgan fingerprint density at radius 3 is 2.17 bits per heavy atom. The van der Waals surface area contributed by atoms with E-state index in [0.29, 0.717) is 52.0 Å². The standard InChI is InChI=1S/C24H24N2O8S2/c1-32-17-8-5-7-15(13-17)23-19-14-16(26(24(25)27,35(3,28)29)36(4,30)31)11-12-18(19)22-20(33-2)9-6-10-21(22)34-23/h5-14,23H,1-4H3,(H-,25,27)/p+1. The van der Waals surface area contributed by atoms with Crippen LogP contribution in [0.1, 0.15) is 17.2 Å². The maximum absolute atomic E-state index is 12.9. The van der Waals surface area contributed by atoms with Crippen molar-refractivity contribution in [2.45, 2.75) is 6.10 Å². The Labute approximate surface area is 209 Å². The lowest BCUT2D eigenvalue weighted by atomic mass is 9.88. The minimum absolute atomic E-state index is 0.360. The Kier molecular flexibility index (Phi) is 6.23. The number of hydrogen-bond donors (Lipinski definition) is 1. The summed E-state index contributed by atoms with van der Waals surface area (Å²) >= 11 is 0. The summed E-state index contributed by atoms with van der Waals surface area (Å²) in [5.74, 6) is 1.55. The molecule has 1 atom stereocenters. The summed E-state index contributed by atoms with van der Waals surface area (Å²) in [6, 6.07) is 14.9. The largest absolute Gasteiger partial charge is 0.497 e. The molecule has 0 saturated heterocycles. The fourth-order valence-corrected chi connectivity index (χ4v) is 8.16. The Balaban J connectivity index is 2.10. The van der Waals surface area contributed by atoms with Crippen LogP contribution in [0.4, 0.5) is 10.5 Å². The predicted molar refractivity (Wildman–Crippen MR) is 135 cm³/mol. The van der Waals surface area contributed by atoms with Gasteiger partial charge in [0, 0.05) is 23.3 Å². The topological polar surface area (TPSA) is 139 Å². The third kappa shape index (κ3) is 3.77. The molecule has 1 aliphatic rings. The van der Waals surface area contributed by atoms with Crippen LogP contribution in [0, 0.1) is 0 Å².